The number of H-pyrrole nitrogens is 1. The van der Waals surface area contributed by atoms with E-state index < -0.39 is 0 Å². The summed E-state index contributed by atoms with van der Waals surface area (Å²) >= 11 is 5.38. The molecule has 1 N–H and O–H groups in total. The molecule has 0 aliphatic heterocycles. The van der Waals surface area contributed by atoms with Crippen LogP contribution in [0.25, 0.3) is 11.2 Å². The van der Waals surface area contributed by atoms with Crippen LogP contribution < -0.4 is 0 Å². The van der Waals surface area contributed by atoms with Crippen molar-refractivity contribution in [2.75, 3.05) is 0 Å². The molecule has 0 aromatic carbocycles. The molecule has 86 valence electrons. The molecule has 2 heterocycles. The number of aromatic nitrogens is 3. The number of imidazole rings is 1. The third-order valence-corrected chi connectivity index (χ3v) is 3.29. The van der Waals surface area contributed by atoms with Crippen LogP contribution in [-0.2, 0) is 0 Å². The maximum atomic E-state index is 5.38. The van der Waals surface area contributed by atoms with Crippen molar-refractivity contribution in [2.24, 2.45) is 5.92 Å². The molecule has 0 amide bonds. The fourth-order valence-electron chi connectivity index (χ4n) is 2.22. The average Bonchev–Trinajstić information content (AvgIpc) is 2.57. The van der Waals surface area contributed by atoms with Crippen molar-refractivity contribution in [3.05, 3.63) is 23.1 Å². The zero-order chi connectivity index (χ0) is 11.7. The van der Waals surface area contributed by atoms with Crippen LogP contribution in [0.3, 0.4) is 0 Å². The van der Waals surface area contributed by atoms with Crippen LogP contribution in [0.2, 0.25) is 0 Å². The van der Waals surface area contributed by atoms with Crippen molar-refractivity contribution in [3.63, 3.8) is 0 Å². The molecule has 0 saturated carbocycles. The monoisotopic (exact) mass is 235 g/mol. The van der Waals surface area contributed by atoms with E-state index in [1.165, 1.54) is 0 Å². The normalized spacial score (nSPS) is 13.5. The van der Waals surface area contributed by atoms with Gasteiger partial charge in [-0.25, -0.2) is 4.98 Å². The van der Waals surface area contributed by atoms with E-state index in [1.54, 1.807) is 0 Å². The molecule has 2 aromatic rings. The molecular weight excluding hydrogens is 218 g/mol. The highest BCUT2D eigenvalue weighted by molar-refractivity contribution is 7.71. The van der Waals surface area contributed by atoms with E-state index in [-0.39, 0.29) is 0 Å². The first-order valence-corrected chi connectivity index (χ1v) is 6.11. The summed E-state index contributed by atoms with van der Waals surface area (Å²) < 4.78 is 2.92. The minimum absolute atomic E-state index is 0.413. The van der Waals surface area contributed by atoms with Crippen molar-refractivity contribution < 1.29 is 0 Å². The predicted molar refractivity (Wildman–Crippen MR) is 69.1 cm³/mol. The summed E-state index contributed by atoms with van der Waals surface area (Å²) in [4.78, 5) is 7.63. The van der Waals surface area contributed by atoms with E-state index in [0.29, 0.717) is 12.0 Å². The molecule has 4 heteroatoms. The number of nitrogens with zero attached hydrogens (tertiary/aromatic N) is 2. The Hall–Kier alpha value is -1.16. The molecule has 0 aliphatic carbocycles. The molecule has 1 unspecified atom stereocenters. The first-order valence-electron chi connectivity index (χ1n) is 5.70. The van der Waals surface area contributed by atoms with E-state index in [1.807, 2.05) is 18.3 Å². The standard InChI is InChI=1S/C12H17N3S/c1-4-10(8(2)3)15-11-9(14-12(15)16)6-5-7-13-11/h5-8,10H,4H2,1-3H3,(H,14,16). The SMILES string of the molecule is CCC(C(C)C)n1c(=S)[nH]c2cccnc21. The summed E-state index contributed by atoms with van der Waals surface area (Å²) in [6.07, 6.45) is 2.88. The number of hydrogen-bond acceptors (Lipinski definition) is 2. The first kappa shape index (κ1) is 11.3. The summed E-state index contributed by atoms with van der Waals surface area (Å²) in [5.74, 6) is 0.553. The molecule has 1 atom stereocenters. The van der Waals surface area contributed by atoms with Crippen LogP contribution >= 0.6 is 12.2 Å². The fourth-order valence-corrected chi connectivity index (χ4v) is 2.55. The number of hydrogen-bond donors (Lipinski definition) is 1. The van der Waals surface area contributed by atoms with Gasteiger partial charge in [0.05, 0.1) is 5.52 Å². The Morgan fingerprint density at radius 1 is 1.50 bits per heavy atom. The molecule has 2 aromatic heterocycles. The van der Waals surface area contributed by atoms with E-state index >= 15 is 0 Å². The minimum atomic E-state index is 0.413. The number of pyridine rings is 1. The summed E-state index contributed by atoms with van der Waals surface area (Å²) in [6, 6.07) is 4.35. The predicted octanol–water partition coefficient (Wildman–Crippen LogP) is 3.70. The van der Waals surface area contributed by atoms with Crippen molar-refractivity contribution in [1.29, 1.82) is 0 Å². The van der Waals surface area contributed by atoms with Crippen LogP contribution in [0.1, 0.15) is 33.2 Å². The lowest BCUT2D eigenvalue weighted by Gasteiger charge is -2.21. The lowest BCUT2D eigenvalue weighted by Crippen LogP contribution is -2.14. The van der Waals surface area contributed by atoms with Crippen LogP contribution in [0.5, 0.6) is 0 Å². The van der Waals surface area contributed by atoms with Crippen molar-refractivity contribution in [1.82, 2.24) is 14.5 Å². The van der Waals surface area contributed by atoms with Gasteiger partial charge in [0.15, 0.2) is 10.4 Å². The molecule has 2 rings (SSSR count). The quantitative estimate of drug-likeness (QED) is 0.823. The minimum Gasteiger partial charge on any atom is -0.329 e. The van der Waals surface area contributed by atoms with Crippen LogP contribution in [0.4, 0.5) is 0 Å². The number of nitrogens with one attached hydrogen (secondary N) is 1. The summed E-state index contributed by atoms with van der Waals surface area (Å²) in [6.45, 7) is 6.63. The first-order chi connectivity index (χ1) is 7.65. The highest BCUT2D eigenvalue weighted by atomic mass is 32.1. The van der Waals surface area contributed by atoms with Crippen molar-refractivity contribution in [3.8, 4) is 0 Å². The van der Waals surface area contributed by atoms with Crippen molar-refractivity contribution >= 4 is 23.4 Å². The molecule has 0 fully saturated rings. The zero-order valence-electron chi connectivity index (χ0n) is 9.90. The molecule has 3 nitrogen and oxygen atoms in total. The van der Waals surface area contributed by atoms with E-state index in [9.17, 15) is 0 Å². The van der Waals surface area contributed by atoms with Crippen molar-refractivity contribution in [2.45, 2.75) is 33.2 Å². The molecule has 16 heavy (non-hydrogen) atoms. The largest absolute Gasteiger partial charge is 0.329 e. The van der Waals surface area contributed by atoms with Crippen LogP contribution in [0, 0.1) is 10.7 Å². The Labute approximate surface area is 101 Å². The van der Waals surface area contributed by atoms with E-state index in [0.717, 1.165) is 22.4 Å². The Kier molecular flexibility index (Phi) is 3.10. The lowest BCUT2D eigenvalue weighted by atomic mass is 10.0. The molecule has 0 aliphatic rings. The fraction of sp³-hybridized carbons (Fsp3) is 0.500. The second-order valence-corrected chi connectivity index (χ2v) is 4.78. The smallest absolute Gasteiger partial charge is 0.179 e. The van der Waals surface area contributed by atoms with Gasteiger partial charge in [-0.1, -0.05) is 20.8 Å². The number of aromatic amines is 1. The molecule has 0 bridgehead atoms. The van der Waals surface area contributed by atoms with Gasteiger partial charge in [-0.05, 0) is 36.7 Å². The van der Waals surface area contributed by atoms with Gasteiger partial charge in [0.1, 0.15) is 0 Å². The van der Waals surface area contributed by atoms with Gasteiger partial charge < -0.3 is 4.98 Å². The van der Waals surface area contributed by atoms with Gasteiger partial charge in [-0.15, -0.1) is 0 Å². The Bertz CT molecular complexity index is 538. The van der Waals surface area contributed by atoms with Gasteiger partial charge >= 0.3 is 0 Å². The molecule has 0 spiro atoms. The number of rotatable bonds is 3. The average molecular weight is 235 g/mol. The highest BCUT2D eigenvalue weighted by Gasteiger charge is 2.17. The maximum absolute atomic E-state index is 5.38. The third kappa shape index (κ3) is 1.78. The zero-order valence-corrected chi connectivity index (χ0v) is 10.7. The lowest BCUT2D eigenvalue weighted by molar-refractivity contribution is 0.369. The topological polar surface area (TPSA) is 33.6 Å². The molecule has 0 saturated heterocycles. The van der Waals surface area contributed by atoms with E-state index in [4.69, 9.17) is 12.2 Å². The van der Waals surface area contributed by atoms with Gasteiger partial charge in [0, 0.05) is 12.2 Å². The Balaban J connectivity index is 2.67. The summed E-state index contributed by atoms with van der Waals surface area (Å²) in [5, 5.41) is 0. The molecular formula is C12H17N3S. The number of fused-ring (bicyclic) bond motifs is 1. The summed E-state index contributed by atoms with van der Waals surface area (Å²) in [7, 11) is 0. The summed E-state index contributed by atoms with van der Waals surface area (Å²) in [5.41, 5.74) is 1.99. The van der Waals surface area contributed by atoms with Crippen LogP contribution in [-0.4, -0.2) is 14.5 Å². The van der Waals surface area contributed by atoms with E-state index in [2.05, 4.69) is 35.3 Å². The van der Waals surface area contributed by atoms with Gasteiger partial charge in [0.2, 0.25) is 0 Å². The van der Waals surface area contributed by atoms with Gasteiger partial charge in [-0.3, -0.25) is 4.57 Å². The third-order valence-electron chi connectivity index (χ3n) is 2.99. The Morgan fingerprint density at radius 3 is 2.88 bits per heavy atom. The van der Waals surface area contributed by atoms with Gasteiger partial charge in [0.25, 0.3) is 0 Å². The highest BCUT2D eigenvalue weighted by Crippen LogP contribution is 2.25. The second kappa shape index (κ2) is 4.37. The maximum Gasteiger partial charge on any atom is 0.179 e. The second-order valence-electron chi connectivity index (χ2n) is 4.39. The van der Waals surface area contributed by atoms with Gasteiger partial charge in [-0.2, -0.15) is 0 Å². The molecule has 0 radical (unpaired) electrons. The Morgan fingerprint density at radius 2 is 2.25 bits per heavy atom. The van der Waals surface area contributed by atoms with Crippen LogP contribution in [0.15, 0.2) is 18.3 Å².